The summed E-state index contributed by atoms with van der Waals surface area (Å²) in [6.07, 6.45) is 8.11. The van der Waals surface area contributed by atoms with Crippen molar-refractivity contribution in [3.63, 3.8) is 0 Å². The molecule has 0 atom stereocenters. The summed E-state index contributed by atoms with van der Waals surface area (Å²) >= 11 is 3.81. The summed E-state index contributed by atoms with van der Waals surface area (Å²) in [5.41, 5.74) is 0.512. The minimum absolute atomic E-state index is 0.512. The van der Waals surface area contributed by atoms with Gasteiger partial charge < -0.3 is 9.80 Å². The van der Waals surface area contributed by atoms with E-state index in [-0.39, 0.29) is 0 Å². The molecule has 1 fully saturated rings. The van der Waals surface area contributed by atoms with Crippen molar-refractivity contribution in [1.29, 1.82) is 0 Å². The fourth-order valence-corrected chi connectivity index (χ4v) is 4.58. The zero-order valence-corrected chi connectivity index (χ0v) is 15.7. The van der Waals surface area contributed by atoms with Crippen LogP contribution in [0.1, 0.15) is 52.4 Å². The van der Waals surface area contributed by atoms with Crippen LogP contribution < -0.4 is 0 Å². The Morgan fingerprint density at radius 2 is 1.65 bits per heavy atom. The maximum Gasteiger partial charge on any atom is 0.0100 e. The van der Waals surface area contributed by atoms with Crippen molar-refractivity contribution in [2.24, 2.45) is 11.3 Å². The molecule has 1 heterocycles. The zero-order chi connectivity index (χ0) is 15.0. The Morgan fingerprint density at radius 1 is 1.10 bits per heavy atom. The van der Waals surface area contributed by atoms with E-state index in [1.807, 2.05) is 0 Å². The number of nitrogens with zero attached hydrogens (tertiary/aromatic N) is 2. The number of alkyl halides is 1. The number of likely N-dealkylation sites (tertiary alicyclic amines) is 1. The van der Waals surface area contributed by atoms with Crippen LogP contribution in [0.5, 0.6) is 0 Å². The lowest BCUT2D eigenvalue weighted by Gasteiger charge is -2.41. The van der Waals surface area contributed by atoms with Crippen LogP contribution in [-0.4, -0.2) is 55.4 Å². The Balaban J connectivity index is 2.46. The highest BCUT2D eigenvalue weighted by atomic mass is 79.9. The van der Waals surface area contributed by atoms with Gasteiger partial charge in [-0.25, -0.2) is 0 Å². The first-order valence-corrected chi connectivity index (χ1v) is 9.60. The average molecular weight is 347 g/mol. The van der Waals surface area contributed by atoms with E-state index in [0.717, 1.165) is 5.92 Å². The summed E-state index contributed by atoms with van der Waals surface area (Å²) in [6, 6.07) is 0. The lowest BCUT2D eigenvalue weighted by atomic mass is 9.80. The molecule has 0 aromatic rings. The minimum atomic E-state index is 0.512. The third-order valence-electron chi connectivity index (χ3n) is 4.73. The van der Waals surface area contributed by atoms with Crippen LogP contribution in [0.3, 0.4) is 0 Å². The molecule has 0 amide bonds. The van der Waals surface area contributed by atoms with E-state index < -0.39 is 0 Å². The molecule has 2 nitrogen and oxygen atoms in total. The fourth-order valence-electron chi connectivity index (χ4n) is 3.84. The van der Waals surface area contributed by atoms with Gasteiger partial charge >= 0.3 is 0 Å². The van der Waals surface area contributed by atoms with E-state index in [0.29, 0.717) is 5.41 Å². The normalized spacial score (nSPS) is 18.9. The van der Waals surface area contributed by atoms with Crippen molar-refractivity contribution in [2.75, 3.05) is 45.6 Å². The van der Waals surface area contributed by atoms with Gasteiger partial charge in [-0.3, -0.25) is 0 Å². The maximum atomic E-state index is 3.81. The molecule has 1 aliphatic rings. The van der Waals surface area contributed by atoms with Crippen LogP contribution in [0.25, 0.3) is 0 Å². The first-order valence-electron chi connectivity index (χ1n) is 8.48. The van der Waals surface area contributed by atoms with E-state index in [9.17, 15) is 0 Å². The van der Waals surface area contributed by atoms with Gasteiger partial charge in [0, 0.05) is 18.4 Å². The molecular formula is C17H35BrN2. The predicted octanol–water partition coefficient (Wildman–Crippen LogP) is 4.24. The first-order chi connectivity index (χ1) is 9.55. The summed E-state index contributed by atoms with van der Waals surface area (Å²) in [5, 5.41) is 1.17. The lowest BCUT2D eigenvalue weighted by molar-refractivity contribution is 0.102. The van der Waals surface area contributed by atoms with Gasteiger partial charge in [-0.2, -0.15) is 0 Å². The Hall–Kier alpha value is 0.400. The van der Waals surface area contributed by atoms with E-state index >= 15 is 0 Å². The highest BCUT2D eigenvalue weighted by molar-refractivity contribution is 9.09. The van der Waals surface area contributed by atoms with Gasteiger partial charge in [0.05, 0.1) is 0 Å². The molecule has 0 aliphatic carbocycles. The third-order valence-corrected chi connectivity index (χ3v) is 5.92. The van der Waals surface area contributed by atoms with Crippen LogP contribution >= 0.6 is 15.9 Å². The molecule has 1 rings (SSSR count). The molecule has 0 N–H and O–H groups in total. The molecule has 0 spiro atoms. The molecule has 0 aromatic heterocycles. The SMILES string of the molecule is CCCC(CBr)(CCC)CN1CCC(CN(C)C)CC1. The van der Waals surface area contributed by atoms with Gasteiger partial charge in [-0.1, -0.05) is 42.6 Å². The highest BCUT2D eigenvalue weighted by Gasteiger charge is 2.31. The number of hydrogen-bond donors (Lipinski definition) is 0. The van der Waals surface area contributed by atoms with Crippen molar-refractivity contribution >= 4 is 15.9 Å². The van der Waals surface area contributed by atoms with E-state index in [1.54, 1.807) is 0 Å². The minimum Gasteiger partial charge on any atom is -0.309 e. The summed E-state index contributed by atoms with van der Waals surface area (Å²) in [6.45, 7) is 9.84. The van der Waals surface area contributed by atoms with E-state index in [4.69, 9.17) is 0 Å². The molecule has 0 unspecified atom stereocenters. The molecule has 3 heteroatoms. The summed E-state index contributed by atoms with van der Waals surface area (Å²) in [7, 11) is 4.40. The second kappa shape index (κ2) is 9.42. The number of rotatable bonds is 9. The lowest BCUT2D eigenvalue weighted by Crippen LogP contribution is -2.44. The molecule has 120 valence electrons. The summed E-state index contributed by atoms with van der Waals surface area (Å²) < 4.78 is 0. The fraction of sp³-hybridized carbons (Fsp3) is 1.00. The summed E-state index contributed by atoms with van der Waals surface area (Å²) in [5.74, 6) is 0.914. The smallest absolute Gasteiger partial charge is 0.0100 e. The summed E-state index contributed by atoms with van der Waals surface area (Å²) in [4.78, 5) is 5.08. The van der Waals surface area contributed by atoms with Gasteiger partial charge in [0.1, 0.15) is 0 Å². The van der Waals surface area contributed by atoms with Crippen molar-refractivity contribution in [1.82, 2.24) is 9.80 Å². The van der Waals surface area contributed by atoms with Gasteiger partial charge in [0.15, 0.2) is 0 Å². The second-order valence-corrected chi connectivity index (χ2v) is 7.68. The van der Waals surface area contributed by atoms with Crippen molar-refractivity contribution in [3.05, 3.63) is 0 Å². The van der Waals surface area contributed by atoms with E-state index in [2.05, 4.69) is 53.7 Å². The molecule has 20 heavy (non-hydrogen) atoms. The van der Waals surface area contributed by atoms with Crippen LogP contribution in [0.2, 0.25) is 0 Å². The molecular weight excluding hydrogens is 312 g/mol. The van der Waals surface area contributed by atoms with Gasteiger partial charge in [0.2, 0.25) is 0 Å². The van der Waals surface area contributed by atoms with Crippen molar-refractivity contribution in [3.8, 4) is 0 Å². The van der Waals surface area contributed by atoms with Crippen LogP contribution in [0.15, 0.2) is 0 Å². The topological polar surface area (TPSA) is 6.48 Å². The first kappa shape index (κ1) is 18.4. The molecule has 1 aliphatic heterocycles. The predicted molar refractivity (Wildman–Crippen MR) is 93.8 cm³/mol. The second-order valence-electron chi connectivity index (χ2n) is 7.12. The van der Waals surface area contributed by atoms with Crippen molar-refractivity contribution in [2.45, 2.75) is 52.4 Å². The Morgan fingerprint density at radius 3 is 2.05 bits per heavy atom. The highest BCUT2D eigenvalue weighted by Crippen LogP contribution is 2.34. The number of halogens is 1. The number of piperidine rings is 1. The standard InChI is InChI=1S/C17H35BrN2/c1-5-9-17(14-18,10-6-2)15-20-11-7-16(8-12-20)13-19(3)4/h16H,5-15H2,1-4H3. The quantitative estimate of drug-likeness (QED) is 0.576. The largest absolute Gasteiger partial charge is 0.309 e. The van der Waals surface area contributed by atoms with E-state index in [1.165, 1.54) is 70.0 Å². The van der Waals surface area contributed by atoms with Crippen LogP contribution in [-0.2, 0) is 0 Å². The zero-order valence-electron chi connectivity index (χ0n) is 14.1. The Bertz CT molecular complexity index is 241. The monoisotopic (exact) mass is 346 g/mol. The van der Waals surface area contributed by atoms with Crippen molar-refractivity contribution < 1.29 is 0 Å². The van der Waals surface area contributed by atoms with Gasteiger partial charge in [-0.05, 0) is 64.2 Å². The van der Waals surface area contributed by atoms with Gasteiger partial charge in [0.25, 0.3) is 0 Å². The molecule has 1 saturated heterocycles. The van der Waals surface area contributed by atoms with Gasteiger partial charge in [-0.15, -0.1) is 0 Å². The maximum absolute atomic E-state index is 3.81. The molecule has 0 radical (unpaired) electrons. The van der Waals surface area contributed by atoms with Crippen LogP contribution in [0, 0.1) is 11.3 Å². The molecule has 0 bridgehead atoms. The average Bonchev–Trinajstić information content (AvgIpc) is 2.41. The number of hydrogen-bond acceptors (Lipinski definition) is 2. The molecule has 0 saturated carbocycles. The third kappa shape index (κ3) is 6.03. The molecule has 0 aromatic carbocycles. The Kier molecular flexibility index (Phi) is 8.69. The van der Waals surface area contributed by atoms with Crippen LogP contribution in [0.4, 0.5) is 0 Å². The Labute approximate surface area is 135 Å².